The molecule has 1 rings (SSSR count). The van der Waals surface area contributed by atoms with Gasteiger partial charge in [-0.05, 0) is 18.1 Å². The van der Waals surface area contributed by atoms with E-state index in [2.05, 4.69) is 18.6 Å². The molecule has 116 valence electrons. The molecule has 0 atom stereocenters. The molecule has 0 saturated heterocycles. The van der Waals surface area contributed by atoms with Crippen molar-refractivity contribution in [2.24, 2.45) is 5.92 Å². The fourth-order valence-corrected chi connectivity index (χ4v) is 2.16. The summed E-state index contributed by atoms with van der Waals surface area (Å²) >= 11 is 0. The van der Waals surface area contributed by atoms with Crippen LogP contribution in [0.25, 0.3) is 0 Å². The van der Waals surface area contributed by atoms with Crippen molar-refractivity contribution in [2.75, 3.05) is 25.9 Å². The first-order valence-corrected chi connectivity index (χ1v) is 7.24. The number of hydrogen-bond acceptors (Lipinski definition) is 4. The maximum absolute atomic E-state index is 12.6. The quantitative estimate of drug-likeness (QED) is 0.618. The fraction of sp³-hybridized carbons (Fsp3) is 0.500. The van der Waals surface area contributed by atoms with E-state index in [9.17, 15) is 9.59 Å². The van der Waals surface area contributed by atoms with Crippen molar-refractivity contribution in [3.63, 3.8) is 0 Å². The molecule has 1 aromatic carbocycles. The topological polar surface area (TPSA) is 72.6 Å². The number of nitrogens with zero attached hydrogens (tertiary/aromatic N) is 1. The summed E-state index contributed by atoms with van der Waals surface area (Å²) in [6, 6.07) is 6.89. The van der Waals surface area contributed by atoms with Crippen molar-refractivity contribution in [2.45, 2.75) is 26.7 Å². The highest BCUT2D eigenvalue weighted by molar-refractivity contribution is 6.00. The zero-order valence-electron chi connectivity index (χ0n) is 13.0. The number of amides is 1. The van der Waals surface area contributed by atoms with Crippen LogP contribution in [0.4, 0.5) is 5.69 Å². The van der Waals surface area contributed by atoms with E-state index >= 15 is 0 Å². The minimum Gasteiger partial charge on any atom is -0.468 e. The van der Waals surface area contributed by atoms with Crippen LogP contribution in [0.5, 0.6) is 0 Å². The first-order chi connectivity index (χ1) is 10.0. The number of nitrogen functional groups attached to an aromatic ring is 1. The maximum atomic E-state index is 12.6. The van der Waals surface area contributed by atoms with Gasteiger partial charge in [-0.1, -0.05) is 38.8 Å². The summed E-state index contributed by atoms with van der Waals surface area (Å²) in [5.41, 5.74) is 6.70. The van der Waals surface area contributed by atoms with E-state index < -0.39 is 5.97 Å². The van der Waals surface area contributed by atoms with E-state index in [1.807, 2.05) is 0 Å². The van der Waals surface area contributed by atoms with Crippen molar-refractivity contribution in [3.8, 4) is 0 Å². The Hall–Kier alpha value is -2.04. The lowest BCUT2D eigenvalue weighted by Gasteiger charge is -2.26. The largest absolute Gasteiger partial charge is 0.468 e. The van der Waals surface area contributed by atoms with Crippen molar-refractivity contribution in [1.29, 1.82) is 0 Å². The van der Waals surface area contributed by atoms with Gasteiger partial charge in [0.05, 0.1) is 12.7 Å². The van der Waals surface area contributed by atoms with Crippen LogP contribution in [0.3, 0.4) is 0 Å². The van der Waals surface area contributed by atoms with E-state index in [1.54, 1.807) is 24.3 Å². The highest BCUT2D eigenvalue weighted by Crippen LogP contribution is 2.17. The Kier molecular flexibility index (Phi) is 6.72. The molecule has 0 aliphatic rings. The Morgan fingerprint density at radius 2 is 1.86 bits per heavy atom. The second kappa shape index (κ2) is 8.29. The number of hydrogen-bond donors (Lipinski definition) is 1. The smallest absolute Gasteiger partial charge is 0.325 e. The Bertz CT molecular complexity index is 484. The molecule has 0 aliphatic heterocycles. The molecule has 1 amide bonds. The van der Waals surface area contributed by atoms with E-state index in [1.165, 1.54) is 12.0 Å². The van der Waals surface area contributed by atoms with E-state index in [-0.39, 0.29) is 12.5 Å². The van der Waals surface area contributed by atoms with Crippen molar-refractivity contribution >= 4 is 17.6 Å². The Labute approximate surface area is 126 Å². The second-order valence-electron chi connectivity index (χ2n) is 5.03. The molecule has 1 aromatic rings. The normalized spacial score (nSPS) is 10.5. The Morgan fingerprint density at radius 3 is 2.38 bits per heavy atom. The predicted octanol–water partition coefficient (Wildman–Crippen LogP) is 2.32. The van der Waals surface area contributed by atoms with E-state index in [0.717, 1.165) is 12.8 Å². The van der Waals surface area contributed by atoms with Gasteiger partial charge in [0.25, 0.3) is 5.91 Å². The predicted molar refractivity (Wildman–Crippen MR) is 82.8 cm³/mol. The van der Waals surface area contributed by atoms with Crippen LogP contribution in [0.1, 0.15) is 37.0 Å². The average molecular weight is 292 g/mol. The fourth-order valence-electron chi connectivity index (χ4n) is 2.16. The summed E-state index contributed by atoms with van der Waals surface area (Å²) in [6.45, 7) is 4.62. The van der Waals surface area contributed by atoms with Gasteiger partial charge in [0, 0.05) is 12.2 Å². The summed E-state index contributed by atoms with van der Waals surface area (Å²) in [7, 11) is 1.32. The number of anilines is 1. The van der Waals surface area contributed by atoms with Crippen LogP contribution >= 0.6 is 0 Å². The SMILES string of the molecule is CCC(CC)CN(CC(=O)OC)C(=O)c1ccccc1N. The van der Waals surface area contributed by atoms with Crippen molar-refractivity contribution < 1.29 is 14.3 Å². The molecule has 0 radical (unpaired) electrons. The molecule has 5 nitrogen and oxygen atoms in total. The number of methoxy groups -OCH3 is 1. The molecule has 0 bridgehead atoms. The van der Waals surface area contributed by atoms with Crippen molar-refractivity contribution in [1.82, 2.24) is 4.90 Å². The van der Waals surface area contributed by atoms with Gasteiger partial charge in [0.2, 0.25) is 0 Å². The zero-order chi connectivity index (χ0) is 15.8. The van der Waals surface area contributed by atoms with Gasteiger partial charge in [0.15, 0.2) is 0 Å². The number of ether oxygens (including phenoxy) is 1. The third-order valence-electron chi connectivity index (χ3n) is 3.66. The molecule has 0 unspecified atom stereocenters. The molecule has 5 heteroatoms. The number of benzene rings is 1. The van der Waals surface area contributed by atoms with Crippen molar-refractivity contribution in [3.05, 3.63) is 29.8 Å². The maximum Gasteiger partial charge on any atom is 0.325 e. The Balaban J connectivity index is 2.96. The highest BCUT2D eigenvalue weighted by Gasteiger charge is 2.23. The molecule has 2 N–H and O–H groups in total. The summed E-state index contributed by atoms with van der Waals surface area (Å²) in [5.74, 6) is -0.308. The monoisotopic (exact) mass is 292 g/mol. The third kappa shape index (κ3) is 4.77. The molecular formula is C16H24N2O3. The number of rotatable bonds is 7. The lowest BCUT2D eigenvalue weighted by Crippen LogP contribution is -2.39. The van der Waals surface area contributed by atoms with Gasteiger partial charge >= 0.3 is 5.97 Å². The molecular weight excluding hydrogens is 268 g/mol. The molecule has 0 aliphatic carbocycles. The first-order valence-electron chi connectivity index (χ1n) is 7.24. The minimum atomic E-state index is -0.427. The average Bonchev–Trinajstić information content (AvgIpc) is 2.50. The van der Waals surface area contributed by atoms with Gasteiger partial charge in [0.1, 0.15) is 6.54 Å². The van der Waals surface area contributed by atoms with Crippen LogP contribution in [-0.2, 0) is 9.53 Å². The summed E-state index contributed by atoms with van der Waals surface area (Å²) in [6.07, 6.45) is 1.90. The standard InChI is InChI=1S/C16H24N2O3/c1-4-12(5-2)10-18(11-15(19)21-3)16(20)13-8-6-7-9-14(13)17/h6-9,12H,4-5,10-11,17H2,1-3H3. The van der Waals surface area contributed by atoms with E-state index in [4.69, 9.17) is 5.73 Å². The molecule has 0 fully saturated rings. The van der Waals surface area contributed by atoms with E-state index in [0.29, 0.717) is 23.7 Å². The molecule has 0 spiro atoms. The van der Waals surface area contributed by atoms with Crippen LogP contribution < -0.4 is 5.73 Å². The third-order valence-corrected chi connectivity index (χ3v) is 3.66. The lowest BCUT2D eigenvalue weighted by molar-refractivity contribution is -0.141. The summed E-state index contributed by atoms with van der Waals surface area (Å²) < 4.78 is 4.68. The summed E-state index contributed by atoms with van der Waals surface area (Å²) in [4.78, 5) is 25.7. The number of carbonyl (C=O) groups excluding carboxylic acids is 2. The minimum absolute atomic E-state index is 0.0554. The van der Waals surface area contributed by atoms with Crippen LogP contribution in [0.2, 0.25) is 0 Å². The second-order valence-corrected chi connectivity index (χ2v) is 5.03. The summed E-state index contributed by atoms with van der Waals surface area (Å²) in [5, 5.41) is 0. The zero-order valence-corrected chi connectivity index (χ0v) is 13.0. The number of nitrogens with two attached hydrogens (primary N) is 1. The van der Waals surface area contributed by atoms with Crippen LogP contribution in [0.15, 0.2) is 24.3 Å². The van der Waals surface area contributed by atoms with Gasteiger partial charge < -0.3 is 15.4 Å². The number of esters is 1. The highest BCUT2D eigenvalue weighted by atomic mass is 16.5. The first kappa shape index (κ1) is 17.0. The van der Waals surface area contributed by atoms with Gasteiger partial charge in [-0.2, -0.15) is 0 Å². The van der Waals surface area contributed by atoms with Gasteiger partial charge in [-0.15, -0.1) is 0 Å². The molecule has 21 heavy (non-hydrogen) atoms. The molecule has 0 aromatic heterocycles. The van der Waals surface area contributed by atoms with Crippen LogP contribution in [0, 0.1) is 5.92 Å². The Morgan fingerprint density at radius 1 is 1.24 bits per heavy atom. The van der Waals surface area contributed by atoms with Gasteiger partial charge in [-0.3, -0.25) is 9.59 Å². The molecule has 0 heterocycles. The van der Waals surface area contributed by atoms with Crippen LogP contribution in [-0.4, -0.2) is 37.0 Å². The lowest BCUT2D eigenvalue weighted by atomic mass is 10.0. The van der Waals surface area contributed by atoms with Gasteiger partial charge in [-0.25, -0.2) is 0 Å². The number of para-hydroxylation sites is 1. The number of carbonyl (C=O) groups is 2. The molecule has 0 saturated carbocycles.